The van der Waals surface area contributed by atoms with Crippen LogP contribution < -0.4 is 0 Å². The molecule has 1 atom stereocenters. The van der Waals surface area contributed by atoms with E-state index in [9.17, 15) is 4.79 Å². The fourth-order valence-corrected chi connectivity index (χ4v) is 1.50. The maximum Gasteiger partial charge on any atom is 0.508 e. The molecule has 3 heteroatoms. The second-order valence-electron chi connectivity index (χ2n) is 4.10. The minimum absolute atomic E-state index is 0.111. The Labute approximate surface area is 85.8 Å². The molecule has 82 valence electrons. The zero-order valence-corrected chi connectivity index (χ0v) is 9.12. The van der Waals surface area contributed by atoms with E-state index in [0.29, 0.717) is 12.5 Å². The predicted octanol–water partition coefficient (Wildman–Crippen LogP) is 3.13. The number of carbonyl (C=O) groups excluding carboxylic acids is 1. The van der Waals surface area contributed by atoms with E-state index >= 15 is 0 Å². The van der Waals surface area contributed by atoms with Crippen LogP contribution in [0.15, 0.2) is 0 Å². The molecule has 0 amide bonds. The SMILES string of the molecule is CCC(C)COC(=O)OC1CCCC1. The zero-order chi connectivity index (χ0) is 10.4. The molecular weight excluding hydrogens is 180 g/mol. The molecule has 0 aliphatic heterocycles. The van der Waals surface area contributed by atoms with E-state index < -0.39 is 6.16 Å². The topological polar surface area (TPSA) is 35.5 Å². The molecule has 0 bridgehead atoms. The summed E-state index contributed by atoms with van der Waals surface area (Å²) in [6, 6.07) is 0. The molecule has 0 aromatic carbocycles. The summed E-state index contributed by atoms with van der Waals surface area (Å²) in [4.78, 5) is 11.2. The van der Waals surface area contributed by atoms with Crippen LogP contribution in [0.25, 0.3) is 0 Å². The Morgan fingerprint density at radius 2 is 2.07 bits per heavy atom. The van der Waals surface area contributed by atoms with Crippen LogP contribution in [-0.4, -0.2) is 18.9 Å². The van der Waals surface area contributed by atoms with Crippen molar-refractivity contribution in [2.24, 2.45) is 5.92 Å². The second-order valence-corrected chi connectivity index (χ2v) is 4.10. The minimum Gasteiger partial charge on any atom is -0.434 e. The van der Waals surface area contributed by atoms with Crippen LogP contribution in [0.5, 0.6) is 0 Å². The highest BCUT2D eigenvalue weighted by atomic mass is 16.7. The Morgan fingerprint density at radius 1 is 1.43 bits per heavy atom. The quantitative estimate of drug-likeness (QED) is 0.654. The average molecular weight is 200 g/mol. The van der Waals surface area contributed by atoms with E-state index in [4.69, 9.17) is 9.47 Å². The molecule has 0 saturated heterocycles. The second kappa shape index (κ2) is 5.89. The molecule has 14 heavy (non-hydrogen) atoms. The molecule has 0 spiro atoms. The molecule has 1 aliphatic carbocycles. The molecule has 1 aliphatic rings. The van der Waals surface area contributed by atoms with Crippen LogP contribution in [-0.2, 0) is 9.47 Å². The summed E-state index contributed by atoms with van der Waals surface area (Å²) >= 11 is 0. The molecule has 0 aromatic rings. The van der Waals surface area contributed by atoms with Gasteiger partial charge in [0.1, 0.15) is 6.10 Å². The molecule has 0 N–H and O–H groups in total. The van der Waals surface area contributed by atoms with E-state index in [1.807, 2.05) is 0 Å². The minimum atomic E-state index is -0.489. The summed E-state index contributed by atoms with van der Waals surface area (Å²) in [6.45, 7) is 4.61. The summed E-state index contributed by atoms with van der Waals surface area (Å²) in [5, 5.41) is 0. The third-order valence-corrected chi connectivity index (χ3v) is 2.75. The van der Waals surface area contributed by atoms with Crippen LogP contribution in [0.1, 0.15) is 46.0 Å². The van der Waals surface area contributed by atoms with Crippen molar-refractivity contribution >= 4 is 6.16 Å². The summed E-state index contributed by atoms with van der Waals surface area (Å²) in [6.07, 6.45) is 4.98. The summed E-state index contributed by atoms with van der Waals surface area (Å²) in [5.41, 5.74) is 0. The van der Waals surface area contributed by atoms with Gasteiger partial charge in [-0.1, -0.05) is 20.3 Å². The predicted molar refractivity (Wildman–Crippen MR) is 54.1 cm³/mol. The van der Waals surface area contributed by atoms with E-state index in [1.54, 1.807) is 0 Å². The molecule has 1 saturated carbocycles. The van der Waals surface area contributed by atoms with Gasteiger partial charge in [0.25, 0.3) is 0 Å². The standard InChI is InChI=1S/C11H20O3/c1-3-9(2)8-13-11(12)14-10-6-4-5-7-10/h9-10H,3-8H2,1-2H3. The first-order chi connectivity index (χ1) is 6.72. The lowest BCUT2D eigenvalue weighted by Crippen LogP contribution is -2.18. The van der Waals surface area contributed by atoms with Crippen LogP contribution >= 0.6 is 0 Å². The van der Waals surface area contributed by atoms with Gasteiger partial charge in [0.2, 0.25) is 0 Å². The Bertz CT molecular complexity index is 173. The van der Waals surface area contributed by atoms with Gasteiger partial charge in [-0.2, -0.15) is 0 Å². The normalized spacial score (nSPS) is 19.3. The van der Waals surface area contributed by atoms with Gasteiger partial charge in [-0.05, 0) is 31.6 Å². The fourth-order valence-electron chi connectivity index (χ4n) is 1.50. The fraction of sp³-hybridized carbons (Fsp3) is 0.909. The highest BCUT2D eigenvalue weighted by Crippen LogP contribution is 2.21. The van der Waals surface area contributed by atoms with Crippen molar-refractivity contribution in [1.29, 1.82) is 0 Å². The van der Waals surface area contributed by atoms with Crippen LogP contribution in [0, 0.1) is 5.92 Å². The lowest BCUT2D eigenvalue weighted by atomic mass is 10.1. The Kier molecular flexibility index (Phi) is 4.77. The van der Waals surface area contributed by atoms with Gasteiger partial charge >= 0.3 is 6.16 Å². The Hall–Kier alpha value is -0.730. The van der Waals surface area contributed by atoms with E-state index in [-0.39, 0.29) is 6.10 Å². The monoisotopic (exact) mass is 200 g/mol. The van der Waals surface area contributed by atoms with Gasteiger partial charge in [-0.25, -0.2) is 4.79 Å². The van der Waals surface area contributed by atoms with Gasteiger partial charge in [0.15, 0.2) is 0 Å². The first-order valence-electron chi connectivity index (χ1n) is 5.55. The number of hydrogen-bond acceptors (Lipinski definition) is 3. The van der Waals surface area contributed by atoms with Crippen molar-refractivity contribution < 1.29 is 14.3 Å². The van der Waals surface area contributed by atoms with Crippen molar-refractivity contribution in [3.05, 3.63) is 0 Å². The largest absolute Gasteiger partial charge is 0.508 e. The highest BCUT2D eigenvalue weighted by Gasteiger charge is 2.20. The average Bonchev–Trinajstić information content (AvgIpc) is 2.66. The molecule has 1 rings (SSSR count). The van der Waals surface area contributed by atoms with Gasteiger partial charge < -0.3 is 9.47 Å². The third-order valence-electron chi connectivity index (χ3n) is 2.75. The van der Waals surface area contributed by atoms with Crippen molar-refractivity contribution in [2.45, 2.75) is 52.1 Å². The Balaban J connectivity index is 2.09. The third kappa shape index (κ3) is 3.99. The van der Waals surface area contributed by atoms with E-state index in [2.05, 4.69) is 13.8 Å². The number of hydrogen-bond donors (Lipinski definition) is 0. The van der Waals surface area contributed by atoms with Crippen molar-refractivity contribution in [3.63, 3.8) is 0 Å². The summed E-state index contributed by atoms with van der Waals surface area (Å²) in [5.74, 6) is 0.422. The first-order valence-corrected chi connectivity index (χ1v) is 5.55. The molecule has 0 heterocycles. The van der Waals surface area contributed by atoms with Crippen molar-refractivity contribution in [3.8, 4) is 0 Å². The van der Waals surface area contributed by atoms with E-state index in [1.165, 1.54) is 12.8 Å². The Morgan fingerprint density at radius 3 is 2.64 bits per heavy atom. The maximum atomic E-state index is 11.2. The number of rotatable bonds is 4. The molecule has 1 unspecified atom stereocenters. The molecular formula is C11H20O3. The van der Waals surface area contributed by atoms with Gasteiger partial charge in [0.05, 0.1) is 6.61 Å². The lowest BCUT2D eigenvalue weighted by molar-refractivity contribution is 0.0184. The summed E-state index contributed by atoms with van der Waals surface area (Å²) in [7, 11) is 0. The van der Waals surface area contributed by atoms with Crippen molar-refractivity contribution in [2.75, 3.05) is 6.61 Å². The smallest absolute Gasteiger partial charge is 0.434 e. The maximum absolute atomic E-state index is 11.2. The molecule has 1 fully saturated rings. The first kappa shape index (κ1) is 11.3. The van der Waals surface area contributed by atoms with Crippen LogP contribution in [0.3, 0.4) is 0 Å². The molecule has 3 nitrogen and oxygen atoms in total. The van der Waals surface area contributed by atoms with Gasteiger partial charge in [-0.3, -0.25) is 0 Å². The van der Waals surface area contributed by atoms with Crippen LogP contribution in [0.2, 0.25) is 0 Å². The highest BCUT2D eigenvalue weighted by molar-refractivity contribution is 5.60. The van der Waals surface area contributed by atoms with Crippen LogP contribution in [0.4, 0.5) is 4.79 Å². The molecule has 0 aromatic heterocycles. The number of ether oxygens (including phenoxy) is 2. The number of carbonyl (C=O) groups is 1. The zero-order valence-electron chi connectivity index (χ0n) is 9.12. The molecule has 0 radical (unpaired) electrons. The van der Waals surface area contributed by atoms with E-state index in [0.717, 1.165) is 19.3 Å². The lowest BCUT2D eigenvalue weighted by Gasteiger charge is -2.13. The van der Waals surface area contributed by atoms with Crippen molar-refractivity contribution in [1.82, 2.24) is 0 Å². The summed E-state index contributed by atoms with van der Waals surface area (Å²) < 4.78 is 10.1. The van der Waals surface area contributed by atoms with Gasteiger partial charge in [-0.15, -0.1) is 0 Å². The van der Waals surface area contributed by atoms with Gasteiger partial charge in [0, 0.05) is 0 Å².